The maximum absolute atomic E-state index is 12.2. The van der Waals surface area contributed by atoms with Crippen LogP contribution >= 0.6 is 0 Å². The zero-order valence-corrected chi connectivity index (χ0v) is 11.8. The largest absolute Gasteiger partial charge is 0.408 e. The Hall–Kier alpha value is -2.52. The van der Waals surface area contributed by atoms with E-state index in [9.17, 15) is 18.0 Å². The first-order valence-corrected chi connectivity index (χ1v) is 6.34. The van der Waals surface area contributed by atoms with E-state index in [0.29, 0.717) is 5.69 Å². The van der Waals surface area contributed by atoms with Gasteiger partial charge in [-0.15, -0.1) is 0 Å². The summed E-state index contributed by atoms with van der Waals surface area (Å²) in [4.78, 5) is 11.9. The molecule has 0 spiro atoms. The normalized spacial score (nSPS) is 13.0. The second kappa shape index (κ2) is 6.08. The molecule has 0 fully saturated rings. The molecule has 0 aliphatic heterocycles. The van der Waals surface area contributed by atoms with Gasteiger partial charge in [-0.3, -0.25) is 14.8 Å². The van der Waals surface area contributed by atoms with Gasteiger partial charge in [-0.2, -0.15) is 18.3 Å². The summed E-state index contributed by atoms with van der Waals surface area (Å²) in [5.74, 6) is -0.0686. The van der Waals surface area contributed by atoms with Gasteiger partial charge in [0.2, 0.25) is 11.8 Å². The minimum atomic E-state index is -4.35. The lowest BCUT2D eigenvalue weighted by Crippen LogP contribution is -2.32. The van der Waals surface area contributed by atoms with E-state index in [0.717, 1.165) is 4.68 Å². The van der Waals surface area contributed by atoms with Crippen LogP contribution in [-0.2, 0) is 11.3 Å². The van der Waals surface area contributed by atoms with Gasteiger partial charge in [0.05, 0.1) is 5.69 Å². The van der Waals surface area contributed by atoms with Crippen LogP contribution in [0.1, 0.15) is 12.6 Å². The first kappa shape index (κ1) is 15.9. The van der Waals surface area contributed by atoms with Crippen LogP contribution < -0.4 is 10.6 Å². The number of carbonyl (C=O) groups is 1. The molecule has 2 rings (SSSR count). The van der Waals surface area contributed by atoms with Crippen LogP contribution in [0, 0.1) is 6.92 Å². The number of carbonyl (C=O) groups excluding carboxylic acids is 1. The lowest BCUT2D eigenvalue weighted by Gasteiger charge is -2.12. The first-order chi connectivity index (χ1) is 10.2. The number of nitrogens with zero attached hydrogens (tertiary/aromatic N) is 3. The summed E-state index contributed by atoms with van der Waals surface area (Å²) in [6, 6.07) is 2.18. The Morgan fingerprint density at radius 1 is 1.50 bits per heavy atom. The summed E-state index contributed by atoms with van der Waals surface area (Å²) < 4.78 is 42.3. The van der Waals surface area contributed by atoms with Gasteiger partial charge in [-0.05, 0) is 13.8 Å². The van der Waals surface area contributed by atoms with Crippen LogP contribution in [0.2, 0.25) is 0 Å². The van der Waals surface area contributed by atoms with Crippen molar-refractivity contribution in [1.82, 2.24) is 14.9 Å². The number of alkyl halides is 3. The fourth-order valence-corrected chi connectivity index (χ4v) is 1.65. The van der Waals surface area contributed by atoms with Crippen molar-refractivity contribution in [1.29, 1.82) is 0 Å². The highest BCUT2D eigenvalue weighted by molar-refractivity contribution is 5.95. The van der Waals surface area contributed by atoms with E-state index < -0.39 is 24.7 Å². The summed E-state index contributed by atoms with van der Waals surface area (Å²) in [6.07, 6.45) is -3.17. The van der Waals surface area contributed by atoms with E-state index in [1.807, 2.05) is 0 Å². The van der Waals surface area contributed by atoms with Gasteiger partial charge in [-0.25, -0.2) is 0 Å². The van der Waals surface area contributed by atoms with Gasteiger partial charge in [0.25, 0.3) is 0 Å². The van der Waals surface area contributed by atoms with Crippen molar-refractivity contribution in [3.63, 3.8) is 0 Å². The Morgan fingerprint density at radius 2 is 2.23 bits per heavy atom. The zero-order chi connectivity index (χ0) is 16.3. The molecule has 2 N–H and O–H groups in total. The second-order valence-electron chi connectivity index (χ2n) is 4.70. The SMILES string of the molecule is Cc1cc(NC(=O)C(C)Nc2ccn(CC(F)(F)F)n2)on1. The lowest BCUT2D eigenvalue weighted by atomic mass is 10.3. The van der Waals surface area contributed by atoms with Crippen molar-refractivity contribution in [2.24, 2.45) is 0 Å². The smallest absolute Gasteiger partial charge is 0.357 e. The quantitative estimate of drug-likeness (QED) is 0.883. The molecule has 2 aromatic rings. The highest BCUT2D eigenvalue weighted by atomic mass is 19.4. The Kier molecular flexibility index (Phi) is 4.38. The molecule has 0 bridgehead atoms. The zero-order valence-electron chi connectivity index (χ0n) is 11.8. The molecule has 0 saturated heterocycles. The topological polar surface area (TPSA) is 85.0 Å². The standard InChI is InChI=1S/C12H14F3N5O2/c1-7-5-10(22-19-7)17-11(21)8(2)16-9-3-4-20(18-9)6-12(13,14)15/h3-5,8H,6H2,1-2H3,(H,16,18)(H,17,21). The maximum atomic E-state index is 12.2. The number of aromatic nitrogens is 3. The fourth-order valence-electron chi connectivity index (χ4n) is 1.65. The monoisotopic (exact) mass is 317 g/mol. The van der Waals surface area contributed by atoms with Gasteiger partial charge in [0, 0.05) is 18.3 Å². The molecule has 2 heterocycles. The van der Waals surface area contributed by atoms with E-state index in [1.54, 1.807) is 19.9 Å². The Bertz CT molecular complexity index is 649. The number of halogens is 3. The molecule has 0 aliphatic rings. The molecule has 2 aromatic heterocycles. The van der Waals surface area contributed by atoms with Gasteiger partial charge >= 0.3 is 6.18 Å². The van der Waals surface area contributed by atoms with Crippen molar-refractivity contribution in [2.45, 2.75) is 32.6 Å². The predicted molar refractivity (Wildman–Crippen MR) is 71.2 cm³/mol. The molecule has 1 atom stereocenters. The molecule has 22 heavy (non-hydrogen) atoms. The van der Waals surface area contributed by atoms with Crippen LogP contribution in [0.5, 0.6) is 0 Å². The third-order valence-corrected chi connectivity index (χ3v) is 2.61. The molecule has 0 aliphatic carbocycles. The van der Waals surface area contributed by atoms with Crippen LogP contribution in [-0.4, -0.2) is 33.1 Å². The number of rotatable bonds is 5. The number of nitrogens with one attached hydrogen (secondary N) is 2. The minimum Gasteiger partial charge on any atom is -0.357 e. The summed E-state index contributed by atoms with van der Waals surface area (Å²) in [7, 11) is 0. The van der Waals surface area contributed by atoms with Gasteiger partial charge < -0.3 is 9.84 Å². The van der Waals surface area contributed by atoms with Crippen LogP contribution in [0.25, 0.3) is 0 Å². The first-order valence-electron chi connectivity index (χ1n) is 6.34. The van der Waals surface area contributed by atoms with Crippen molar-refractivity contribution >= 4 is 17.6 Å². The molecule has 1 amide bonds. The molecular weight excluding hydrogens is 303 g/mol. The Labute approximate surface area is 123 Å². The van der Waals surface area contributed by atoms with E-state index >= 15 is 0 Å². The van der Waals surface area contributed by atoms with E-state index in [2.05, 4.69) is 20.9 Å². The van der Waals surface area contributed by atoms with Crippen molar-refractivity contribution in [3.05, 3.63) is 24.0 Å². The van der Waals surface area contributed by atoms with Gasteiger partial charge in [-0.1, -0.05) is 5.16 Å². The molecule has 10 heteroatoms. The van der Waals surface area contributed by atoms with Crippen LogP contribution in [0.3, 0.4) is 0 Å². The average Bonchev–Trinajstić information content (AvgIpc) is 2.97. The third-order valence-electron chi connectivity index (χ3n) is 2.61. The van der Waals surface area contributed by atoms with Crippen molar-refractivity contribution in [3.8, 4) is 0 Å². The maximum Gasteiger partial charge on any atom is 0.408 e. The molecule has 0 aromatic carbocycles. The molecule has 120 valence electrons. The number of aryl methyl sites for hydroxylation is 1. The second-order valence-corrected chi connectivity index (χ2v) is 4.70. The van der Waals surface area contributed by atoms with Gasteiger partial charge in [0.15, 0.2) is 0 Å². The molecular formula is C12H14F3N5O2. The van der Waals surface area contributed by atoms with E-state index in [4.69, 9.17) is 4.52 Å². The highest BCUT2D eigenvalue weighted by Gasteiger charge is 2.28. The number of amides is 1. The molecule has 7 nitrogen and oxygen atoms in total. The summed E-state index contributed by atoms with van der Waals surface area (Å²) in [6.45, 7) is 2.06. The minimum absolute atomic E-state index is 0.167. The average molecular weight is 317 g/mol. The molecule has 0 saturated carbocycles. The van der Waals surface area contributed by atoms with E-state index in [-0.39, 0.29) is 11.7 Å². The predicted octanol–water partition coefficient (Wildman–Crippen LogP) is 2.18. The highest BCUT2D eigenvalue weighted by Crippen LogP contribution is 2.18. The summed E-state index contributed by atoms with van der Waals surface area (Å²) >= 11 is 0. The molecule has 1 unspecified atom stereocenters. The van der Waals surface area contributed by atoms with Crippen molar-refractivity contribution in [2.75, 3.05) is 10.6 Å². The number of hydrogen-bond acceptors (Lipinski definition) is 5. The number of hydrogen-bond donors (Lipinski definition) is 2. The van der Waals surface area contributed by atoms with Crippen molar-refractivity contribution < 1.29 is 22.5 Å². The summed E-state index contributed by atoms with van der Waals surface area (Å²) in [5, 5.41) is 12.5. The summed E-state index contributed by atoms with van der Waals surface area (Å²) in [5.41, 5.74) is 0.613. The van der Waals surface area contributed by atoms with Crippen LogP contribution in [0.4, 0.5) is 24.9 Å². The Balaban J connectivity index is 1.91. The van der Waals surface area contributed by atoms with Gasteiger partial charge in [0.1, 0.15) is 18.4 Å². The Morgan fingerprint density at radius 3 is 2.82 bits per heavy atom. The van der Waals surface area contributed by atoms with Crippen LogP contribution in [0.15, 0.2) is 22.9 Å². The molecule has 0 radical (unpaired) electrons. The fraction of sp³-hybridized carbons (Fsp3) is 0.417. The lowest BCUT2D eigenvalue weighted by molar-refractivity contribution is -0.142. The van der Waals surface area contributed by atoms with E-state index in [1.165, 1.54) is 12.3 Å². The number of anilines is 2. The third kappa shape index (κ3) is 4.50.